The van der Waals surface area contributed by atoms with Crippen molar-refractivity contribution < 1.29 is 14.3 Å². The zero-order valence-corrected chi connectivity index (χ0v) is 22.0. The smallest absolute Gasteiger partial charge is 0.267 e. The van der Waals surface area contributed by atoms with Crippen molar-refractivity contribution >= 4 is 50.7 Å². The van der Waals surface area contributed by atoms with Crippen LogP contribution in [0.15, 0.2) is 77.3 Å². The number of ether oxygens (including phenoxy) is 1. The van der Waals surface area contributed by atoms with Gasteiger partial charge in [0.05, 0.1) is 10.7 Å². The van der Waals surface area contributed by atoms with Crippen LogP contribution in [0, 0.1) is 0 Å². The average Bonchev–Trinajstić information content (AvgIpc) is 2.86. The minimum Gasteiger partial charge on any atom is -0.478 e. The third kappa shape index (κ3) is 6.16. The largest absolute Gasteiger partial charge is 0.478 e. The number of anilines is 2. The van der Waals surface area contributed by atoms with Gasteiger partial charge in [-0.2, -0.15) is 0 Å². The molecule has 0 radical (unpaired) electrons. The van der Waals surface area contributed by atoms with E-state index in [0.29, 0.717) is 48.2 Å². The Bertz CT molecular complexity index is 1190. The summed E-state index contributed by atoms with van der Waals surface area (Å²) >= 11 is 9.98. The molecule has 182 valence electrons. The Balaban J connectivity index is 1.36. The van der Waals surface area contributed by atoms with E-state index in [4.69, 9.17) is 16.3 Å². The lowest BCUT2D eigenvalue weighted by atomic mass is 10.1. The number of benzene rings is 3. The fourth-order valence-electron chi connectivity index (χ4n) is 3.88. The van der Waals surface area contributed by atoms with Gasteiger partial charge in [0, 0.05) is 41.9 Å². The first-order chi connectivity index (χ1) is 16.7. The Kier molecular flexibility index (Phi) is 7.67. The SMILES string of the molecule is CC(C)(Oc1ccc(Br)cc1)C(=O)Nc1ccc(N2CCN(C(=O)c3ccccc3)CC2)c(Cl)c1. The first-order valence-electron chi connectivity index (χ1n) is 11.4. The quantitative estimate of drug-likeness (QED) is 0.413. The van der Waals surface area contributed by atoms with Gasteiger partial charge in [0.25, 0.3) is 11.8 Å². The number of nitrogens with zero attached hydrogens (tertiary/aromatic N) is 2. The molecule has 0 saturated carbocycles. The molecule has 0 spiro atoms. The van der Waals surface area contributed by atoms with Gasteiger partial charge in [-0.05, 0) is 68.4 Å². The monoisotopic (exact) mass is 555 g/mol. The first kappa shape index (κ1) is 25.1. The van der Waals surface area contributed by atoms with Crippen molar-refractivity contribution in [2.24, 2.45) is 0 Å². The van der Waals surface area contributed by atoms with Crippen LogP contribution in [0.3, 0.4) is 0 Å². The van der Waals surface area contributed by atoms with Crippen molar-refractivity contribution in [2.45, 2.75) is 19.4 Å². The number of carbonyl (C=O) groups is 2. The highest BCUT2D eigenvalue weighted by molar-refractivity contribution is 9.10. The van der Waals surface area contributed by atoms with E-state index in [1.54, 1.807) is 32.0 Å². The summed E-state index contributed by atoms with van der Waals surface area (Å²) in [5.74, 6) is 0.367. The molecule has 3 aromatic carbocycles. The summed E-state index contributed by atoms with van der Waals surface area (Å²) in [6.07, 6.45) is 0. The molecule has 0 aromatic heterocycles. The number of halogens is 2. The number of piperazine rings is 1. The summed E-state index contributed by atoms with van der Waals surface area (Å²) in [5.41, 5.74) is 1.09. The average molecular weight is 557 g/mol. The number of rotatable bonds is 6. The Morgan fingerprint density at radius 3 is 2.23 bits per heavy atom. The van der Waals surface area contributed by atoms with Crippen LogP contribution in [0.4, 0.5) is 11.4 Å². The molecule has 1 N–H and O–H groups in total. The van der Waals surface area contributed by atoms with Crippen LogP contribution in [-0.2, 0) is 4.79 Å². The normalized spacial score (nSPS) is 13.9. The molecule has 1 fully saturated rings. The molecule has 4 rings (SSSR count). The fraction of sp³-hybridized carbons (Fsp3) is 0.259. The topological polar surface area (TPSA) is 61.9 Å². The highest BCUT2D eigenvalue weighted by Gasteiger charge is 2.30. The standard InChI is InChI=1S/C27H27BrClN3O3/c1-27(2,35-22-11-8-20(28)9-12-22)26(34)30-21-10-13-24(23(29)18-21)31-14-16-32(17-15-31)25(33)19-6-4-3-5-7-19/h3-13,18H,14-17H2,1-2H3,(H,30,34). The highest BCUT2D eigenvalue weighted by Crippen LogP contribution is 2.30. The number of nitrogens with one attached hydrogen (secondary N) is 1. The molecule has 0 unspecified atom stereocenters. The van der Waals surface area contributed by atoms with Crippen molar-refractivity contribution in [3.05, 3.63) is 87.9 Å². The van der Waals surface area contributed by atoms with E-state index in [0.717, 1.165) is 10.2 Å². The third-order valence-corrected chi connectivity index (χ3v) is 6.70. The van der Waals surface area contributed by atoms with Gasteiger partial charge in [-0.25, -0.2) is 0 Å². The number of hydrogen-bond donors (Lipinski definition) is 1. The predicted molar refractivity (Wildman–Crippen MR) is 143 cm³/mol. The van der Waals surface area contributed by atoms with E-state index in [-0.39, 0.29) is 11.8 Å². The fourth-order valence-corrected chi connectivity index (χ4v) is 4.44. The molecule has 3 aromatic rings. The lowest BCUT2D eigenvalue weighted by Gasteiger charge is -2.36. The van der Waals surface area contributed by atoms with E-state index >= 15 is 0 Å². The number of carbonyl (C=O) groups excluding carboxylic acids is 2. The lowest BCUT2D eigenvalue weighted by molar-refractivity contribution is -0.128. The predicted octanol–water partition coefficient (Wildman–Crippen LogP) is 5.86. The maximum Gasteiger partial charge on any atom is 0.267 e. The molecule has 0 atom stereocenters. The van der Waals surface area contributed by atoms with Crippen molar-refractivity contribution in [1.82, 2.24) is 4.90 Å². The van der Waals surface area contributed by atoms with Crippen molar-refractivity contribution in [1.29, 1.82) is 0 Å². The zero-order chi connectivity index (χ0) is 25.0. The molecule has 1 saturated heterocycles. The van der Waals surface area contributed by atoms with Crippen LogP contribution in [0.2, 0.25) is 5.02 Å². The Morgan fingerprint density at radius 1 is 0.943 bits per heavy atom. The van der Waals surface area contributed by atoms with Crippen molar-refractivity contribution in [3.8, 4) is 5.75 Å². The highest BCUT2D eigenvalue weighted by atomic mass is 79.9. The molecule has 35 heavy (non-hydrogen) atoms. The number of hydrogen-bond acceptors (Lipinski definition) is 4. The molecule has 0 aliphatic carbocycles. The molecule has 8 heteroatoms. The van der Waals surface area contributed by atoms with E-state index < -0.39 is 5.60 Å². The van der Waals surface area contributed by atoms with E-state index in [2.05, 4.69) is 26.1 Å². The molecular formula is C27H27BrClN3O3. The molecular weight excluding hydrogens is 530 g/mol. The Morgan fingerprint density at radius 2 is 1.60 bits per heavy atom. The van der Waals surface area contributed by atoms with Crippen LogP contribution in [0.5, 0.6) is 5.75 Å². The summed E-state index contributed by atoms with van der Waals surface area (Å²) in [5, 5.41) is 3.44. The molecule has 2 amide bonds. The molecule has 0 bridgehead atoms. The summed E-state index contributed by atoms with van der Waals surface area (Å²) in [7, 11) is 0. The van der Waals surface area contributed by atoms with Gasteiger partial charge >= 0.3 is 0 Å². The van der Waals surface area contributed by atoms with E-state index in [1.165, 1.54) is 0 Å². The van der Waals surface area contributed by atoms with E-state index in [9.17, 15) is 9.59 Å². The van der Waals surface area contributed by atoms with Gasteiger partial charge in [0.15, 0.2) is 5.60 Å². The third-order valence-electron chi connectivity index (χ3n) is 5.87. The van der Waals surface area contributed by atoms with Gasteiger partial charge in [0.1, 0.15) is 5.75 Å². The van der Waals surface area contributed by atoms with Gasteiger partial charge in [-0.1, -0.05) is 45.7 Å². The van der Waals surface area contributed by atoms with Crippen molar-refractivity contribution in [2.75, 3.05) is 36.4 Å². The maximum absolute atomic E-state index is 12.9. The van der Waals surface area contributed by atoms with Gasteiger partial charge in [0.2, 0.25) is 0 Å². The van der Waals surface area contributed by atoms with Gasteiger partial charge in [-0.3, -0.25) is 9.59 Å². The number of amides is 2. The summed E-state index contributed by atoms with van der Waals surface area (Å²) in [6, 6.07) is 22.1. The molecule has 1 heterocycles. The first-order valence-corrected chi connectivity index (χ1v) is 12.5. The van der Waals surface area contributed by atoms with Crippen LogP contribution in [-0.4, -0.2) is 48.5 Å². The lowest BCUT2D eigenvalue weighted by Crippen LogP contribution is -2.48. The van der Waals surface area contributed by atoms with Crippen LogP contribution >= 0.6 is 27.5 Å². The van der Waals surface area contributed by atoms with Gasteiger partial charge < -0.3 is 19.9 Å². The minimum atomic E-state index is -1.08. The Hall–Kier alpha value is -3.03. The molecule has 1 aliphatic heterocycles. The molecule has 6 nitrogen and oxygen atoms in total. The second kappa shape index (κ2) is 10.7. The Labute approximate surface area is 219 Å². The van der Waals surface area contributed by atoms with Gasteiger partial charge in [-0.15, -0.1) is 0 Å². The van der Waals surface area contributed by atoms with Crippen LogP contribution in [0.25, 0.3) is 0 Å². The summed E-state index contributed by atoms with van der Waals surface area (Å²) < 4.78 is 6.83. The van der Waals surface area contributed by atoms with E-state index in [1.807, 2.05) is 59.5 Å². The second-order valence-electron chi connectivity index (χ2n) is 8.83. The maximum atomic E-state index is 12.9. The second-order valence-corrected chi connectivity index (χ2v) is 10.2. The molecule has 1 aliphatic rings. The van der Waals surface area contributed by atoms with Crippen LogP contribution < -0.4 is 15.0 Å². The summed E-state index contributed by atoms with van der Waals surface area (Å²) in [4.78, 5) is 29.6. The van der Waals surface area contributed by atoms with Crippen molar-refractivity contribution in [3.63, 3.8) is 0 Å². The summed E-state index contributed by atoms with van der Waals surface area (Å²) in [6.45, 7) is 6.03. The van der Waals surface area contributed by atoms with Crippen LogP contribution in [0.1, 0.15) is 24.2 Å². The minimum absolute atomic E-state index is 0.0439. The zero-order valence-electron chi connectivity index (χ0n) is 19.6.